The molecule has 3 rings (SSSR count). The molecule has 0 saturated heterocycles. The maximum Gasteiger partial charge on any atom is -0.00733 e. The Balaban J connectivity index is 2.10. The third-order valence-electron chi connectivity index (χ3n) is 4.35. The Morgan fingerprint density at radius 3 is 1.91 bits per heavy atom. The van der Waals surface area contributed by atoms with E-state index in [1.807, 2.05) is 0 Å². The van der Waals surface area contributed by atoms with Crippen LogP contribution in [0.15, 0.2) is 78.9 Å². The Labute approximate surface area is 139 Å². The average molecular weight is 300 g/mol. The molecule has 3 aromatic carbocycles. The van der Waals surface area contributed by atoms with E-state index in [-0.39, 0.29) is 0 Å². The standard InChI is InChI=1S/C23H24/c1-2-3-6-14-21-17-11-18-22(19-12-7-4-8-13-19)23(21)20-15-9-5-10-16-20/h4-5,7-13,15-18H,2-3,6,14H2,1H3. The molecule has 23 heavy (non-hydrogen) atoms. The van der Waals surface area contributed by atoms with E-state index in [4.69, 9.17) is 0 Å². The van der Waals surface area contributed by atoms with Crippen LogP contribution in [0.3, 0.4) is 0 Å². The van der Waals surface area contributed by atoms with E-state index in [0.717, 1.165) is 6.42 Å². The largest absolute Gasteiger partial charge is 0.0654 e. The van der Waals surface area contributed by atoms with Crippen LogP contribution < -0.4 is 0 Å². The summed E-state index contributed by atoms with van der Waals surface area (Å²) in [7, 11) is 0. The summed E-state index contributed by atoms with van der Waals surface area (Å²) in [4.78, 5) is 0. The van der Waals surface area contributed by atoms with Gasteiger partial charge in [-0.3, -0.25) is 0 Å². The predicted octanol–water partition coefficient (Wildman–Crippen LogP) is 6.75. The van der Waals surface area contributed by atoms with Crippen molar-refractivity contribution in [3.63, 3.8) is 0 Å². The zero-order chi connectivity index (χ0) is 15.9. The van der Waals surface area contributed by atoms with Crippen molar-refractivity contribution in [1.82, 2.24) is 0 Å². The lowest BCUT2D eigenvalue weighted by Gasteiger charge is -2.16. The van der Waals surface area contributed by atoms with Gasteiger partial charge < -0.3 is 0 Å². The van der Waals surface area contributed by atoms with Crippen LogP contribution in [-0.4, -0.2) is 0 Å². The van der Waals surface area contributed by atoms with Crippen LogP contribution in [-0.2, 0) is 6.42 Å². The number of unbranched alkanes of at least 4 members (excludes halogenated alkanes) is 2. The van der Waals surface area contributed by atoms with Gasteiger partial charge in [0.25, 0.3) is 0 Å². The predicted molar refractivity (Wildman–Crippen MR) is 101 cm³/mol. The van der Waals surface area contributed by atoms with Crippen molar-refractivity contribution < 1.29 is 0 Å². The summed E-state index contributed by atoms with van der Waals surface area (Å²) >= 11 is 0. The van der Waals surface area contributed by atoms with Gasteiger partial charge in [0, 0.05) is 0 Å². The molecule has 0 bridgehead atoms. The number of benzene rings is 3. The average Bonchev–Trinajstić information content (AvgIpc) is 2.63. The molecule has 0 nitrogen and oxygen atoms in total. The lowest BCUT2D eigenvalue weighted by Crippen LogP contribution is -1.94. The molecule has 116 valence electrons. The molecule has 0 heteroatoms. The summed E-state index contributed by atoms with van der Waals surface area (Å²) in [5.74, 6) is 0. The van der Waals surface area contributed by atoms with Crippen LogP contribution >= 0.6 is 0 Å². The molecule has 0 aliphatic rings. The second-order valence-corrected chi connectivity index (χ2v) is 6.03. The summed E-state index contributed by atoms with van der Waals surface area (Å²) in [5, 5.41) is 0. The highest BCUT2D eigenvalue weighted by Crippen LogP contribution is 2.35. The molecular formula is C23H24. The molecule has 0 atom stereocenters. The van der Waals surface area contributed by atoms with Crippen molar-refractivity contribution in [2.45, 2.75) is 32.6 Å². The summed E-state index contributed by atoms with van der Waals surface area (Å²) in [6.45, 7) is 2.26. The summed E-state index contributed by atoms with van der Waals surface area (Å²) in [6, 6.07) is 28.3. The number of aryl methyl sites for hydroxylation is 1. The van der Waals surface area contributed by atoms with Gasteiger partial charge in [0.2, 0.25) is 0 Å². The van der Waals surface area contributed by atoms with Crippen LogP contribution in [0.5, 0.6) is 0 Å². The van der Waals surface area contributed by atoms with E-state index in [1.165, 1.54) is 47.1 Å². The molecule has 0 radical (unpaired) electrons. The van der Waals surface area contributed by atoms with Gasteiger partial charge in [-0.2, -0.15) is 0 Å². The monoisotopic (exact) mass is 300 g/mol. The maximum absolute atomic E-state index is 2.30. The van der Waals surface area contributed by atoms with Gasteiger partial charge in [0.1, 0.15) is 0 Å². The quantitative estimate of drug-likeness (QED) is 0.441. The lowest BCUT2D eigenvalue weighted by atomic mass is 9.88. The molecule has 0 spiro atoms. The Morgan fingerprint density at radius 1 is 0.609 bits per heavy atom. The van der Waals surface area contributed by atoms with Gasteiger partial charge in [-0.1, -0.05) is 98.6 Å². The summed E-state index contributed by atoms with van der Waals surface area (Å²) in [5.41, 5.74) is 6.81. The second kappa shape index (κ2) is 7.78. The highest BCUT2D eigenvalue weighted by Gasteiger charge is 2.11. The molecule has 0 aromatic heterocycles. The minimum atomic E-state index is 1.15. The van der Waals surface area contributed by atoms with E-state index in [1.54, 1.807) is 0 Å². The van der Waals surface area contributed by atoms with Gasteiger partial charge in [0.05, 0.1) is 0 Å². The second-order valence-electron chi connectivity index (χ2n) is 6.03. The SMILES string of the molecule is CCCCCc1cccc(-c2ccccc2)c1-c1ccccc1. The first kappa shape index (κ1) is 15.6. The topological polar surface area (TPSA) is 0 Å². The molecule has 3 aromatic rings. The van der Waals surface area contributed by atoms with E-state index in [0.29, 0.717) is 0 Å². The summed E-state index contributed by atoms with van der Waals surface area (Å²) in [6.07, 6.45) is 4.97. The lowest BCUT2D eigenvalue weighted by molar-refractivity contribution is 0.718. The van der Waals surface area contributed by atoms with Crippen LogP contribution in [0.2, 0.25) is 0 Å². The maximum atomic E-state index is 2.30. The van der Waals surface area contributed by atoms with Crippen molar-refractivity contribution in [2.75, 3.05) is 0 Å². The van der Waals surface area contributed by atoms with Crippen molar-refractivity contribution >= 4 is 0 Å². The Kier molecular flexibility index (Phi) is 5.26. The first-order valence-electron chi connectivity index (χ1n) is 8.63. The van der Waals surface area contributed by atoms with Crippen LogP contribution in [0, 0.1) is 0 Å². The molecule has 0 unspecified atom stereocenters. The van der Waals surface area contributed by atoms with Gasteiger partial charge in [-0.25, -0.2) is 0 Å². The fraction of sp³-hybridized carbons (Fsp3) is 0.217. The fourth-order valence-electron chi connectivity index (χ4n) is 3.18. The molecule has 0 aliphatic carbocycles. The zero-order valence-corrected chi connectivity index (χ0v) is 13.8. The van der Waals surface area contributed by atoms with Crippen molar-refractivity contribution in [1.29, 1.82) is 0 Å². The Hall–Kier alpha value is -2.34. The minimum absolute atomic E-state index is 1.15. The van der Waals surface area contributed by atoms with Crippen molar-refractivity contribution in [3.8, 4) is 22.3 Å². The van der Waals surface area contributed by atoms with Crippen LogP contribution in [0.1, 0.15) is 31.7 Å². The molecule has 0 heterocycles. The smallest absolute Gasteiger partial charge is 0.00733 e. The Morgan fingerprint density at radius 2 is 1.26 bits per heavy atom. The fourth-order valence-corrected chi connectivity index (χ4v) is 3.18. The first-order valence-corrected chi connectivity index (χ1v) is 8.63. The molecular weight excluding hydrogens is 276 g/mol. The van der Waals surface area contributed by atoms with Crippen LogP contribution in [0.25, 0.3) is 22.3 Å². The van der Waals surface area contributed by atoms with E-state index < -0.39 is 0 Å². The molecule has 0 N–H and O–H groups in total. The highest BCUT2D eigenvalue weighted by atomic mass is 14.2. The third kappa shape index (κ3) is 3.71. The zero-order valence-electron chi connectivity index (χ0n) is 13.8. The first-order chi connectivity index (χ1) is 11.4. The van der Waals surface area contributed by atoms with E-state index in [2.05, 4.69) is 85.8 Å². The van der Waals surface area contributed by atoms with Gasteiger partial charge in [-0.15, -0.1) is 0 Å². The molecule has 0 saturated carbocycles. The van der Waals surface area contributed by atoms with Crippen molar-refractivity contribution in [3.05, 3.63) is 84.4 Å². The number of hydrogen-bond donors (Lipinski definition) is 0. The van der Waals surface area contributed by atoms with Gasteiger partial charge in [-0.05, 0) is 40.7 Å². The normalized spacial score (nSPS) is 10.7. The number of hydrogen-bond acceptors (Lipinski definition) is 0. The molecule has 0 fully saturated rings. The van der Waals surface area contributed by atoms with Crippen molar-refractivity contribution in [2.24, 2.45) is 0 Å². The summed E-state index contributed by atoms with van der Waals surface area (Å²) < 4.78 is 0. The minimum Gasteiger partial charge on any atom is -0.0654 e. The molecule has 0 aliphatic heterocycles. The van der Waals surface area contributed by atoms with E-state index >= 15 is 0 Å². The highest BCUT2D eigenvalue weighted by molar-refractivity contribution is 5.85. The van der Waals surface area contributed by atoms with Gasteiger partial charge in [0.15, 0.2) is 0 Å². The van der Waals surface area contributed by atoms with E-state index in [9.17, 15) is 0 Å². The van der Waals surface area contributed by atoms with Crippen LogP contribution in [0.4, 0.5) is 0 Å². The van der Waals surface area contributed by atoms with Gasteiger partial charge >= 0.3 is 0 Å². The third-order valence-corrected chi connectivity index (χ3v) is 4.35. The molecule has 0 amide bonds. The number of rotatable bonds is 6. The Bertz CT molecular complexity index is 727.